The molecule has 0 radical (unpaired) electrons. The van der Waals surface area contributed by atoms with E-state index in [1.165, 1.54) is 38.5 Å². The molecule has 9 nitrogen and oxygen atoms in total. The van der Waals surface area contributed by atoms with Crippen LogP contribution in [-0.2, 0) is 19.6 Å². The van der Waals surface area contributed by atoms with E-state index in [1.807, 2.05) is 0 Å². The zero-order valence-electron chi connectivity index (χ0n) is 20.5. The van der Waals surface area contributed by atoms with Crippen LogP contribution in [0.4, 0.5) is 11.4 Å². The van der Waals surface area contributed by atoms with Gasteiger partial charge in [-0.1, -0.05) is 24.3 Å². The summed E-state index contributed by atoms with van der Waals surface area (Å²) in [5.74, 6) is -0.454. The van der Waals surface area contributed by atoms with Crippen molar-refractivity contribution < 1.29 is 32.2 Å². The van der Waals surface area contributed by atoms with Crippen LogP contribution in [0, 0.1) is 6.92 Å². The van der Waals surface area contributed by atoms with Gasteiger partial charge in [-0.3, -0.25) is 9.10 Å². The maximum Gasteiger partial charge on any atom is 0.338 e. The number of carbonyl (C=O) groups is 2. The van der Waals surface area contributed by atoms with Gasteiger partial charge in [0.15, 0.2) is 0 Å². The molecular weight excluding hydrogens is 484 g/mol. The van der Waals surface area contributed by atoms with E-state index in [0.29, 0.717) is 22.6 Å². The maximum atomic E-state index is 13.6. The minimum absolute atomic E-state index is 0.0103. The number of methoxy groups -OCH3 is 2. The first-order chi connectivity index (χ1) is 17.2. The second-order valence-electron chi connectivity index (χ2n) is 7.61. The van der Waals surface area contributed by atoms with Crippen molar-refractivity contribution in [2.24, 2.45) is 0 Å². The van der Waals surface area contributed by atoms with E-state index >= 15 is 0 Å². The van der Waals surface area contributed by atoms with Gasteiger partial charge < -0.3 is 19.5 Å². The third kappa shape index (κ3) is 5.77. The quantitative estimate of drug-likeness (QED) is 0.409. The first kappa shape index (κ1) is 26.6. The van der Waals surface area contributed by atoms with Crippen LogP contribution < -0.4 is 19.1 Å². The minimum Gasteiger partial charge on any atom is -0.497 e. The molecule has 0 aliphatic heterocycles. The summed E-state index contributed by atoms with van der Waals surface area (Å²) < 4.78 is 43.9. The molecule has 36 heavy (non-hydrogen) atoms. The first-order valence-corrected chi connectivity index (χ1v) is 12.5. The number of nitrogens with one attached hydrogen (secondary N) is 1. The highest BCUT2D eigenvalue weighted by atomic mass is 32.2. The molecule has 3 aromatic carbocycles. The number of hydrogen-bond donors (Lipinski definition) is 1. The van der Waals surface area contributed by atoms with Crippen molar-refractivity contribution in [3.63, 3.8) is 0 Å². The predicted octanol–water partition coefficient (Wildman–Crippen LogP) is 4.02. The average molecular weight is 513 g/mol. The van der Waals surface area contributed by atoms with Crippen molar-refractivity contribution >= 4 is 33.3 Å². The van der Waals surface area contributed by atoms with E-state index in [4.69, 9.17) is 14.2 Å². The smallest absolute Gasteiger partial charge is 0.338 e. The number of anilines is 2. The molecular formula is C26H28N2O7S. The van der Waals surface area contributed by atoms with Gasteiger partial charge in [0.2, 0.25) is 5.91 Å². The number of nitrogens with zero attached hydrogens (tertiary/aromatic N) is 1. The van der Waals surface area contributed by atoms with Gasteiger partial charge in [-0.15, -0.1) is 0 Å². The van der Waals surface area contributed by atoms with E-state index < -0.39 is 28.4 Å². The Kier molecular flexibility index (Phi) is 8.55. The number of hydrogen-bond acceptors (Lipinski definition) is 7. The summed E-state index contributed by atoms with van der Waals surface area (Å²) in [7, 11) is -1.28. The molecule has 0 fully saturated rings. The molecule has 0 aliphatic rings. The predicted molar refractivity (Wildman–Crippen MR) is 136 cm³/mol. The van der Waals surface area contributed by atoms with Gasteiger partial charge in [-0.2, -0.15) is 0 Å². The monoisotopic (exact) mass is 512 g/mol. The Bertz CT molecular complexity index is 1340. The summed E-state index contributed by atoms with van der Waals surface area (Å²) in [4.78, 5) is 25.4. The van der Waals surface area contributed by atoms with Gasteiger partial charge in [-0.05, 0) is 55.8 Å². The second kappa shape index (κ2) is 11.6. The fraction of sp³-hybridized carbons (Fsp3) is 0.231. The summed E-state index contributed by atoms with van der Waals surface area (Å²) in [5.41, 5.74) is 1.34. The fourth-order valence-electron chi connectivity index (χ4n) is 3.53. The third-order valence-corrected chi connectivity index (χ3v) is 7.15. The number of benzene rings is 3. The molecule has 190 valence electrons. The lowest BCUT2D eigenvalue weighted by atomic mass is 10.1. The van der Waals surface area contributed by atoms with Crippen LogP contribution in [0.3, 0.4) is 0 Å². The number of esters is 1. The van der Waals surface area contributed by atoms with Gasteiger partial charge in [-0.25, -0.2) is 13.2 Å². The van der Waals surface area contributed by atoms with E-state index in [0.717, 1.165) is 4.31 Å². The minimum atomic E-state index is -4.16. The van der Waals surface area contributed by atoms with E-state index in [1.54, 1.807) is 56.3 Å². The van der Waals surface area contributed by atoms with Gasteiger partial charge in [0.1, 0.15) is 18.0 Å². The van der Waals surface area contributed by atoms with Gasteiger partial charge in [0.05, 0.1) is 37.0 Å². The maximum absolute atomic E-state index is 13.6. The summed E-state index contributed by atoms with van der Waals surface area (Å²) in [6, 6.07) is 17.2. The molecule has 0 aromatic heterocycles. The molecule has 0 bridgehead atoms. The van der Waals surface area contributed by atoms with Gasteiger partial charge in [0, 0.05) is 11.8 Å². The van der Waals surface area contributed by atoms with Crippen molar-refractivity contribution in [1.82, 2.24) is 0 Å². The molecule has 3 aromatic rings. The number of rotatable bonds is 10. The van der Waals surface area contributed by atoms with E-state index in [2.05, 4.69) is 5.32 Å². The lowest BCUT2D eigenvalue weighted by molar-refractivity contribution is -0.114. The molecule has 0 unspecified atom stereocenters. The Morgan fingerprint density at radius 1 is 0.944 bits per heavy atom. The van der Waals surface area contributed by atoms with Crippen LogP contribution >= 0.6 is 0 Å². The molecule has 0 saturated heterocycles. The summed E-state index contributed by atoms with van der Waals surface area (Å²) in [6.45, 7) is 3.04. The van der Waals surface area contributed by atoms with Crippen LogP contribution in [0.2, 0.25) is 0 Å². The summed E-state index contributed by atoms with van der Waals surface area (Å²) in [6.07, 6.45) is 0. The highest BCUT2D eigenvalue weighted by Gasteiger charge is 2.30. The zero-order chi connectivity index (χ0) is 26.3. The Hall–Kier alpha value is -4.05. The topological polar surface area (TPSA) is 111 Å². The standard InChI is InChI=1S/C26H28N2O7S/c1-5-35-26(30)21-12-9-13-22(18(21)2)27-25(29)17-28(36(31,32)20-10-7-6-8-11-20)23-15-14-19(33-3)16-24(23)34-4/h6-16H,5,17H2,1-4H3,(H,27,29). The SMILES string of the molecule is CCOC(=O)c1cccc(NC(=O)CN(c2ccc(OC)cc2OC)S(=O)(=O)c2ccccc2)c1C. The molecule has 1 amide bonds. The van der Waals surface area contributed by atoms with Crippen LogP contribution in [0.1, 0.15) is 22.8 Å². The molecule has 0 aliphatic carbocycles. The molecule has 3 rings (SSSR count). The third-order valence-electron chi connectivity index (χ3n) is 5.38. The van der Waals surface area contributed by atoms with Crippen LogP contribution in [0.15, 0.2) is 71.6 Å². The van der Waals surface area contributed by atoms with Crippen LogP contribution in [-0.4, -0.2) is 47.7 Å². The number of ether oxygens (including phenoxy) is 3. The fourth-order valence-corrected chi connectivity index (χ4v) is 4.98. The zero-order valence-corrected chi connectivity index (χ0v) is 21.3. The van der Waals surface area contributed by atoms with Crippen molar-refractivity contribution in [2.75, 3.05) is 37.0 Å². The highest BCUT2D eigenvalue weighted by Crippen LogP contribution is 2.35. The van der Waals surface area contributed by atoms with Crippen molar-refractivity contribution in [3.8, 4) is 11.5 Å². The number of sulfonamides is 1. The molecule has 0 heterocycles. The Balaban J connectivity index is 2.00. The lowest BCUT2D eigenvalue weighted by Crippen LogP contribution is -2.38. The normalized spacial score (nSPS) is 10.9. The van der Waals surface area contributed by atoms with E-state index in [-0.39, 0.29) is 22.9 Å². The Labute approximate surface area is 210 Å². The first-order valence-electron chi connectivity index (χ1n) is 11.1. The van der Waals surface area contributed by atoms with Crippen molar-refractivity contribution in [1.29, 1.82) is 0 Å². The van der Waals surface area contributed by atoms with Crippen LogP contribution in [0.25, 0.3) is 0 Å². The van der Waals surface area contributed by atoms with Crippen molar-refractivity contribution in [2.45, 2.75) is 18.7 Å². The van der Waals surface area contributed by atoms with Crippen molar-refractivity contribution in [3.05, 3.63) is 77.9 Å². The molecule has 0 spiro atoms. The lowest BCUT2D eigenvalue weighted by Gasteiger charge is -2.26. The summed E-state index contributed by atoms with van der Waals surface area (Å²) >= 11 is 0. The average Bonchev–Trinajstić information content (AvgIpc) is 2.88. The Morgan fingerprint density at radius 3 is 2.31 bits per heavy atom. The molecule has 10 heteroatoms. The van der Waals surface area contributed by atoms with Gasteiger partial charge in [0.25, 0.3) is 10.0 Å². The molecule has 0 atom stereocenters. The Morgan fingerprint density at radius 2 is 1.67 bits per heavy atom. The second-order valence-corrected chi connectivity index (χ2v) is 9.47. The van der Waals surface area contributed by atoms with Crippen LogP contribution in [0.5, 0.6) is 11.5 Å². The highest BCUT2D eigenvalue weighted by molar-refractivity contribution is 7.92. The van der Waals surface area contributed by atoms with Gasteiger partial charge >= 0.3 is 5.97 Å². The number of carbonyl (C=O) groups excluding carboxylic acids is 2. The molecule has 1 N–H and O–H groups in total. The summed E-state index contributed by atoms with van der Waals surface area (Å²) in [5, 5.41) is 2.71. The molecule has 0 saturated carbocycles. The van der Waals surface area contributed by atoms with E-state index in [9.17, 15) is 18.0 Å². The largest absolute Gasteiger partial charge is 0.497 e. The number of amides is 1.